The predicted molar refractivity (Wildman–Crippen MR) is 93.0 cm³/mol. The minimum atomic E-state index is 0.449. The Balaban J connectivity index is 1.68. The Hall–Kier alpha value is -1.64. The van der Waals surface area contributed by atoms with Gasteiger partial charge in [0.2, 0.25) is 0 Å². The zero-order valence-corrected chi connectivity index (χ0v) is 13.2. The second kappa shape index (κ2) is 6.88. The average Bonchev–Trinajstić information content (AvgIpc) is 2.97. The van der Waals surface area contributed by atoms with E-state index >= 15 is 0 Å². The van der Waals surface area contributed by atoms with Gasteiger partial charge in [-0.3, -0.25) is 0 Å². The fourth-order valence-electron chi connectivity index (χ4n) is 2.88. The van der Waals surface area contributed by atoms with Gasteiger partial charge in [0.05, 0.1) is 0 Å². The van der Waals surface area contributed by atoms with E-state index in [2.05, 4.69) is 72.3 Å². The molecule has 0 aliphatic carbocycles. The maximum atomic E-state index is 3.49. The van der Waals surface area contributed by atoms with Crippen LogP contribution in [0.1, 0.15) is 30.0 Å². The number of thiophene rings is 1. The van der Waals surface area contributed by atoms with Gasteiger partial charge in [0.25, 0.3) is 0 Å². The van der Waals surface area contributed by atoms with Crippen molar-refractivity contribution in [2.45, 2.75) is 25.3 Å². The van der Waals surface area contributed by atoms with Crippen LogP contribution < -0.4 is 5.32 Å². The minimum absolute atomic E-state index is 0.449. The first-order chi connectivity index (χ1) is 10.4. The molecule has 1 heterocycles. The lowest BCUT2D eigenvalue weighted by atomic mass is 9.99. The molecular formula is C19H21NS. The van der Waals surface area contributed by atoms with Gasteiger partial charge in [-0.05, 0) is 54.3 Å². The van der Waals surface area contributed by atoms with Crippen molar-refractivity contribution in [3.63, 3.8) is 0 Å². The van der Waals surface area contributed by atoms with E-state index in [1.54, 1.807) is 0 Å². The minimum Gasteiger partial charge on any atom is -0.313 e. The Labute approximate surface area is 130 Å². The maximum Gasteiger partial charge on any atom is 0.0346 e. The van der Waals surface area contributed by atoms with Crippen molar-refractivity contribution in [2.75, 3.05) is 7.05 Å². The monoisotopic (exact) mass is 295 g/mol. The highest BCUT2D eigenvalue weighted by molar-refractivity contribution is 7.17. The first kappa shape index (κ1) is 14.3. The standard InChI is InChI=1S/C19H21NS/c1-20-18(12-7-10-15-8-3-2-4-9-15)17-14-21-19-13-6-5-11-16(17)19/h2-6,8-9,11,13-14,18,20H,7,10,12H2,1H3. The zero-order chi connectivity index (χ0) is 14.5. The van der Waals surface area contributed by atoms with Crippen molar-refractivity contribution >= 4 is 21.4 Å². The van der Waals surface area contributed by atoms with Gasteiger partial charge in [-0.15, -0.1) is 11.3 Å². The van der Waals surface area contributed by atoms with Crippen LogP contribution in [0.15, 0.2) is 60.0 Å². The lowest BCUT2D eigenvalue weighted by molar-refractivity contribution is 0.531. The van der Waals surface area contributed by atoms with Crippen LogP contribution in [0.25, 0.3) is 10.1 Å². The Bertz CT molecular complexity index is 687. The summed E-state index contributed by atoms with van der Waals surface area (Å²) in [6, 6.07) is 19.9. The molecule has 0 saturated carbocycles. The van der Waals surface area contributed by atoms with Crippen molar-refractivity contribution in [1.82, 2.24) is 5.32 Å². The topological polar surface area (TPSA) is 12.0 Å². The van der Waals surface area contributed by atoms with Crippen molar-refractivity contribution in [1.29, 1.82) is 0 Å². The highest BCUT2D eigenvalue weighted by atomic mass is 32.1. The van der Waals surface area contributed by atoms with E-state index in [-0.39, 0.29) is 0 Å². The summed E-state index contributed by atoms with van der Waals surface area (Å²) in [6.45, 7) is 0. The van der Waals surface area contributed by atoms with Gasteiger partial charge in [-0.1, -0.05) is 48.5 Å². The van der Waals surface area contributed by atoms with Crippen LogP contribution in [-0.2, 0) is 6.42 Å². The zero-order valence-electron chi connectivity index (χ0n) is 12.4. The highest BCUT2D eigenvalue weighted by Crippen LogP contribution is 2.32. The summed E-state index contributed by atoms with van der Waals surface area (Å²) >= 11 is 1.85. The molecule has 0 amide bonds. The maximum absolute atomic E-state index is 3.49. The molecule has 1 unspecified atom stereocenters. The Morgan fingerprint density at radius 1 is 1.00 bits per heavy atom. The van der Waals surface area contributed by atoms with Crippen LogP contribution in [0.2, 0.25) is 0 Å². The number of fused-ring (bicyclic) bond motifs is 1. The van der Waals surface area contributed by atoms with Gasteiger partial charge in [0.15, 0.2) is 0 Å². The van der Waals surface area contributed by atoms with E-state index in [1.807, 2.05) is 11.3 Å². The Morgan fingerprint density at radius 2 is 1.76 bits per heavy atom. The molecule has 1 nitrogen and oxygen atoms in total. The molecule has 1 atom stereocenters. The molecule has 0 radical (unpaired) electrons. The van der Waals surface area contributed by atoms with Crippen molar-refractivity contribution in [2.24, 2.45) is 0 Å². The molecule has 1 N–H and O–H groups in total. The summed E-state index contributed by atoms with van der Waals surface area (Å²) in [7, 11) is 2.07. The second-order valence-corrected chi connectivity index (χ2v) is 6.32. The summed E-state index contributed by atoms with van der Waals surface area (Å²) in [6.07, 6.45) is 3.53. The van der Waals surface area contributed by atoms with E-state index in [4.69, 9.17) is 0 Å². The molecule has 1 aromatic heterocycles. The molecule has 0 saturated heterocycles. The third kappa shape index (κ3) is 3.34. The second-order valence-electron chi connectivity index (χ2n) is 5.41. The molecular weight excluding hydrogens is 274 g/mol. The van der Waals surface area contributed by atoms with Crippen LogP contribution in [0.3, 0.4) is 0 Å². The molecule has 2 heteroatoms. The first-order valence-electron chi connectivity index (χ1n) is 7.56. The van der Waals surface area contributed by atoms with Gasteiger partial charge in [0, 0.05) is 10.7 Å². The van der Waals surface area contributed by atoms with E-state index < -0.39 is 0 Å². The van der Waals surface area contributed by atoms with Crippen LogP contribution in [0, 0.1) is 0 Å². The summed E-state index contributed by atoms with van der Waals surface area (Å²) in [5.74, 6) is 0. The molecule has 108 valence electrons. The lowest BCUT2D eigenvalue weighted by Gasteiger charge is -2.16. The fraction of sp³-hybridized carbons (Fsp3) is 0.263. The summed E-state index contributed by atoms with van der Waals surface area (Å²) in [5.41, 5.74) is 2.88. The van der Waals surface area contributed by atoms with Crippen molar-refractivity contribution < 1.29 is 0 Å². The van der Waals surface area contributed by atoms with E-state index in [1.165, 1.54) is 34.1 Å². The van der Waals surface area contributed by atoms with Gasteiger partial charge < -0.3 is 5.32 Å². The number of hydrogen-bond donors (Lipinski definition) is 1. The van der Waals surface area contributed by atoms with Crippen LogP contribution in [0.4, 0.5) is 0 Å². The van der Waals surface area contributed by atoms with Crippen molar-refractivity contribution in [3.05, 3.63) is 71.1 Å². The summed E-state index contributed by atoms with van der Waals surface area (Å²) in [5, 5.41) is 7.21. The molecule has 0 bridgehead atoms. The molecule has 21 heavy (non-hydrogen) atoms. The van der Waals surface area contributed by atoms with Crippen LogP contribution in [-0.4, -0.2) is 7.05 Å². The highest BCUT2D eigenvalue weighted by Gasteiger charge is 2.13. The molecule has 0 aliphatic rings. The number of rotatable bonds is 6. The molecule has 3 aromatic rings. The third-order valence-corrected chi connectivity index (χ3v) is 5.02. The largest absolute Gasteiger partial charge is 0.313 e. The lowest BCUT2D eigenvalue weighted by Crippen LogP contribution is -2.16. The van der Waals surface area contributed by atoms with Crippen LogP contribution in [0.5, 0.6) is 0 Å². The van der Waals surface area contributed by atoms with Crippen LogP contribution >= 0.6 is 11.3 Å². The van der Waals surface area contributed by atoms with E-state index in [0.29, 0.717) is 6.04 Å². The van der Waals surface area contributed by atoms with E-state index in [9.17, 15) is 0 Å². The Morgan fingerprint density at radius 3 is 2.57 bits per heavy atom. The number of hydrogen-bond acceptors (Lipinski definition) is 2. The smallest absolute Gasteiger partial charge is 0.0346 e. The van der Waals surface area contributed by atoms with Gasteiger partial charge in [-0.25, -0.2) is 0 Å². The molecule has 0 aliphatic heterocycles. The Kier molecular flexibility index (Phi) is 4.69. The molecule has 2 aromatic carbocycles. The van der Waals surface area contributed by atoms with Gasteiger partial charge >= 0.3 is 0 Å². The summed E-state index contributed by atoms with van der Waals surface area (Å²) < 4.78 is 1.39. The normalized spacial score (nSPS) is 12.6. The average molecular weight is 295 g/mol. The molecule has 0 fully saturated rings. The van der Waals surface area contributed by atoms with Gasteiger partial charge in [0.1, 0.15) is 0 Å². The molecule has 3 rings (SSSR count). The first-order valence-corrected chi connectivity index (χ1v) is 8.44. The number of benzene rings is 2. The van der Waals surface area contributed by atoms with E-state index in [0.717, 1.165) is 6.42 Å². The number of nitrogens with one attached hydrogen (secondary N) is 1. The van der Waals surface area contributed by atoms with Crippen molar-refractivity contribution in [3.8, 4) is 0 Å². The fourth-order valence-corrected chi connectivity index (χ4v) is 3.89. The quantitative estimate of drug-likeness (QED) is 0.660. The third-order valence-electron chi connectivity index (χ3n) is 4.04. The predicted octanol–water partition coefficient (Wildman–Crippen LogP) is 5.18. The summed E-state index contributed by atoms with van der Waals surface area (Å²) in [4.78, 5) is 0. The van der Waals surface area contributed by atoms with Gasteiger partial charge in [-0.2, -0.15) is 0 Å². The number of aryl methyl sites for hydroxylation is 1. The SMILES string of the molecule is CNC(CCCc1ccccc1)c1csc2ccccc12. The molecule has 0 spiro atoms.